The van der Waals surface area contributed by atoms with Gasteiger partial charge in [0.15, 0.2) is 10.9 Å². The summed E-state index contributed by atoms with van der Waals surface area (Å²) < 4.78 is 7.28. The van der Waals surface area contributed by atoms with Gasteiger partial charge in [0.25, 0.3) is 0 Å². The van der Waals surface area contributed by atoms with Crippen molar-refractivity contribution in [2.75, 3.05) is 5.75 Å². The normalized spacial score (nSPS) is 10.9. The minimum absolute atomic E-state index is 0.145. The number of nitrogens with zero attached hydrogens (tertiary/aromatic N) is 3. The molecule has 152 valence electrons. The first-order valence-corrected chi connectivity index (χ1v) is 10.7. The number of benzene rings is 2. The van der Waals surface area contributed by atoms with Crippen molar-refractivity contribution in [3.8, 4) is 17.3 Å². The van der Waals surface area contributed by atoms with Crippen molar-refractivity contribution in [1.29, 1.82) is 0 Å². The van der Waals surface area contributed by atoms with E-state index in [-0.39, 0.29) is 11.7 Å². The molecule has 0 aliphatic rings. The van der Waals surface area contributed by atoms with Crippen LogP contribution in [0.15, 0.2) is 76.5 Å². The maximum atomic E-state index is 12.4. The van der Waals surface area contributed by atoms with Gasteiger partial charge in [0.05, 0.1) is 22.7 Å². The topological polar surface area (TPSA) is 73.0 Å². The summed E-state index contributed by atoms with van der Waals surface area (Å²) in [6.07, 6.45) is 1.57. The molecule has 0 saturated carbocycles. The molecular formula is C21H16Cl2N4O2S. The lowest BCUT2D eigenvalue weighted by Gasteiger charge is -2.11. The van der Waals surface area contributed by atoms with Crippen LogP contribution >= 0.6 is 35.0 Å². The molecule has 0 bridgehead atoms. The summed E-state index contributed by atoms with van der Waals surface area (Å²) in [5.74, 6) is 1.07. The molecule has 9 heteroatoms. The SMILES string of the molecule is O=C(CSc1nnc(-c2ccco2)n1-c1ccccc1Cl)NCc1ccccc1Cl. The number of carbonyl (C=O) groups is 1. The molecule has 2 aromatic heterocycles. The molecule has 0 spiro atoms. The number of thioether (sulfide) groups is 1. The summed E-state index contributed by atoms with van der Waals surface area (Å²) in [5.41, 5.74) is 1.56. The van der Waals surface area contributed by atoms with Gasteiger partial charge in [-0.2, -0.15) is 0 Å². The van der Waals surface area contributed by atoms with E-state index in [2.05, 4.69) is 15.5 Å². The Kier molecular flexibility index (Phi) is 6.42. The highest BCUT2D eigenvalue weighted by Crippen LogP contribution is 2.31. The van der Waals surface area contributed by atoms with Gasteiger partial charge in [-0.25, -0.2) is 0 Å². The van der Waals surface area contributed by atoms with Crippen LogP contribution in [0, 0.1) is 0 Å². The second-order valence-corrected chi connectivity index (χ2v) is 7.98. The highest BCUT2D eigenvalue weighted by Gasteiger charge is 2.20. The van der Waals surface area contributed by atoms with Gasteiger partial charge < -0.3 is 9.73 Å². The molecule has 0 saturated heterocycles. The number of carbonyl (C=O) groups excluding carboxylic acids is 1. The van der Waals surface area contributed by atoms with Gasteiger partial charge in [0.2, 0.25) is 11.7 Å². The third-order valence-corrected chi connectivity index (χ3v) is 5.85. The number of para-hydroxylation sites is 1. The van der Waals surface area contributed by atoms with E-state index in [1.165, 1.54) is 11.8 Å². The van der Waals surface area contributed by atoms with Crippen LogP contribution in [0.2, 0.25) is 10.0 Å². The number of halogens is 2. The van der Waals surface area contributed by atoms with Crippen molar-refractivity contribution >= 4 is 40.9 Å². The summed E-state index contributed by atoms with van der Waals surface area (Å²) in [4.78, 5) is 12.4. The molecule has 0 radical (unpaired) electrons. The Morgan fingerprint density at radius 3 is 2.50 bits per heavy atom. The van der Waals surface area contributed by atoms with Gasteiger partial charge in [-0.15, -0.1) is 10.2 Å². The van der Waals surface area contributed by atoms with E-state index in [9.17, 15) is 4.79 Å². The maximum absolute atomic E-state index is 12.4. The third kappa shape index (κ3) is 4.53. The van der Waals surface area contributed by atoms with Crippen molar-refractivity contribution < 1.29 is 9.21 Å². The first-order valence-electron chi connectivity index (χ1n) is 9.00. The lowest BCUT2D eigenvalue weighted by Crippen LogP contribution is -2.24. The van der Waals surface area contributed by atoms with Gasteiger partial charge in [0.1, 0.15) is 0 Å². The summed E-state index contributed by atoms with van der Waals surface area (Å²) in [7, 11) is 0. The zero-order chi connectivity index (χ0) is 20.9. The zero-order valence-corrected chi connectivity index (χ0v) is 17.9. The van der Waals surface area contributed by atoms with Gasteiger partial charge in [-0.3, -0.25) is 9.36 Å². The number of nitrogens with one attached hydrogen (secondary N) is 1. The summed E-state index contributed by atoms with van der Waals surface area (Å²) in [6, 6.07) is 18.3. The number of hydrogen-bond donors (Lipinski definition) is 1. The molecule has 2 aromatic carbocycles. The predicted octanol–water partition coefficient (Wildman–Crippen LogP) is 5.24. The van der Waals surface area contributed by atoms with E-state index < -0.39 is 0 Å². The van der Waals surface area contributed by atoms with Crippen molar-refractivity contribution in [2.24, 2.45) is 0 Å². The van der Waals surface area contributed by atoms with Crippen LogP contribution < -0.4 is 5.32 Å². The second-order valence-electron chi connectivity index (χ2n) is 6.23. The Bertz CT molecular complexity index is 1160. The molecule has 1 N–H and O–H groups in total. The molecule has 0 atom stereocenters. The summed E-state index contributed by atoms with van der Waals surface area (Å²) >= 11 is 13.8. The second kappa shape index (κ2) is 9.38. The Morgan fingerprint density at radius 1 is 1.00 bits per heavy atom. The summed E-state index contributed by atoms with van der Waals surface area (Å²) in [5, 5.41) is 13.1. The molecule has 30 heavy (non-hydrogen) atoms. The lowest BCUT2D eigenvalue weighted by atomic mass is 10.2. The summed E-state index contributed by atoms with van der Waals surface area (Å²) in [6.45, 7) is 0.355. The Hall–Kier alpha value is -2.74. The highest BCUT2D eigenvalue weighted by atomic mass is 35.5. The average molecular weight is 459 g/mol. The van der Waals surface area contributed by atoms with Crippen LogP contribution in [-0.2, 0) is 11.3 Å². The van der Waals surface area contributed by atoms with Gasteiger partial charge >= 0.3 is 0 Å². The quantitative estimate of drug-likeness (QED) is 0.383. The molecule has 0 unspecified atom stereocenters. The molecule has 0 aliphatic carbocycles. The standard InChI is InChI=1S/C21H16Cl2N4O2S/c22-15-7-2-1-6-14(15)12-24-19(28)13-30-21-26-25-20(18-10-5-11-29-18)27(21)17-9-4-3-8-16(17)23/h1-11H,12-13H2,(H,24,28). The molecule has 6 nitrogen and oxygen atoms in total. The van der Waals surface area contributed by atoms with E-state index in [4.69, 9.17) is 27.6 Å². The van der Waals surface area contributed by atoms with Crippen molar-refractivity contribution in [3.05, 3.63) is 82.5 Å². The largest absolute Gasteiger partial charge is 0.461 e. The van der Waals surface area contributed by atoms with Crippen LogP contribution in [0.25, 0.3) is 17.3 Å². The number of rotatable bonds is 7. The van der Waals surface area contributed by atoms with E-state index >= 15 is 0 Å². The molecule has 0 fully saturated rings. The minimum atomic E-state index is -0.145. The van der Waals surface area contributed by atoms with Crippen LogP contribution in [0.3, 0.4) is 0 Å². The molecule has 4 rings (SSSR count). The van der Waals surface area contributed by atoms with Crippen LogP contribution in [0.1, 0.15) is 5.56 Å². The maximum Gasteiger partial charge on any atom is 0.230 e. The van der Waals surface area contributed by atoms with Gasteiger partial charge in [-0.05, 0) is 35.9 Å². The van der Waals surface area contributed by atoms with E-state index in [0.29, 0.717) is 39.0 Å². The van der Waals surface area contributed by atoms with Gasteiger partial charge in [0, 0.05) is 11.6 Å². The number of amides is 1. The third-order valence-electron chi connectivity index (χ3n) is 4.23. The smallest absolute Gasteiger partial charge is 0.230 e. The number of furan rings is 1. The van der Waals surface area contributed by atoms with Crippen molar-refractivity contribution in [3.63, 3.8) is 0 Å². The fraction of sp³-hybridized carbons (Fsp3) is 0.0952. The molecule has 2 heterocycles. The Labute approximate surface area is 187 Å². The molecule has 1 amide bonds. The van der Waals surface area contributed by atoms with Crippen LogP contribution in [0.5, 0.6) is 0 Å². The molecule has 0 aliphatic heterocycles. The first-order chi connectivity index (χ1) is 14.6. The lowest BCUT2D eigenvalue weighted by molar-refractivity contribution is -0.118. The molecule has 4 aromatic rings. The fourth-order valence-corrected chi connectivity index (χ4v) is 3.99. The average Bonchev–Trinajstić information content (AvgIpc) is 3.42. The predicted molar refractivity (Wildman–Crippen MR) is 118 cm³/mol. The van der Waals surface area contributed by atoms with E-state index in [0.717, 1.165) is 5.56 Å². The zero-order valence-electron chi connectivity index (χ0n) is 15.6. The monoisotopic (exact) mass is 458 g/mol. The number of aromatic nitrogens is 3. The van der Waals surface area contributed by atoms with Crippen molar-refractivity contribution in [2.45, 2.75) is 11.7 Å². The van der Waals surface area contributed by atoms with Crippen molar-refractivity contribution in [1.82, 2.24) is 20.1 Å². The van der Waals surface area contributed by atoms with E-state index in [1.807, 2.05) is 36.4 Å². The first kappa shape index (κ1) is 20.5. The Morgan fingerprint density at radius 2 is 1.77 bits per heavy atom. The molecular weight excluding hydrogens is 443 g/mol. The van der Waals surface area contributed by atoms with E-state index in [1.54, 1.807) is 35.1 Å². The number of hydrogen-bond acceptors (Lipinski definition) is 5. The Balaban J connectivity index is 1.52. The highest BCUT2D eigenvalue weighted by molar-refractivity contribution is 7.99. The van der Waals surface area contributed by atoms with Crippen LogP contribution in [0.4, 0.5) is 0 Å². The minimum Gasteiger partial charge on any atom is -0.461 e. The van der Waals surface area contributed by atoms with Crippen LogP contribution in [-0.4, -0.2) is 26.4 Å². The fourth-order valence-electron chi connectivity index (χ4n) is 2.80. The van der Waals surface area contributed by atoms with Gasteiger partial charge in [-0.1, -0.05) is 65.3 Å².